The molecule has 0 amide bonds. The van der Waals surface area contributed by atoms with Crippen LogP contribution in [0.2, 0.25) is 0 Å². The first-order valence-electron chi connectivity index (χ1n) is 10.1. The molecule has 0 atom stereocenters. The van der Waals surface area contributed by atoms with Crippen LogP contribution in [0, 0.1) is 0 Å². The molecule has 0 unspecified atom stereocenters. The highest BCUT2D eigenvalue weighted by molar-refractivity contribution is 5.80. The zero-order valence-electron chi connectivity index (χ0n) is 17.3. The zero-order valence-corrected chi connectivity index (χ0v) is 17.3. The number of rotatable bonds is 6. The van der Waals surface area contributed by atoms with Crippen LogP contribution in [0.1, 0.15) is 18.1 Å². The van der Waals surface area contributed by atoms with Crippen molar-refractivity contribution in [1.82, 2.24) is 20.1 Å². The molecule has 1 aliphatic heterocycles. The molecule has 0 radical (unpaired) electrons. The Morgan fingerprint density at radius 2 is 1.82 bits per heavy atom. The van der Waals surface area contributed by atoms with Crippen LogP contribution < -0.4 is 10.2 Å². The third-order valence-corrected chi connectivity index (χ3v) is 4.95. The highest BCUT2D eigenvalue weighted by Gasteiger charge is 2.19. The minimum Gasteiger partial charge on any atom is -0.362 e. The molecule has 0 spiro atoms. The maximum atomic E-state index is 4.91. The highest BCUT2D eigenvalue weighted by atomic mass is 15.3. The Morgan fingerprint density at radius 1 is 1.07 bits per heavy atom. The molecule has 0 saturated carbocycles. The molecule has 3 rings (SSSR count). The van der Waals surface area contributed by atoms with E-state index in [4.69, 9.17) is 4.99 Å². The van der Waals surface area contributed by atoms with Crippen LogP contribution in [0.15, 0.2) is 53.7 Å². The van der Waals surface area contributed by atoms with Crippen LogP contribution in [0.25, 0.3) is 0 Å². The van der Waals surface area contributed by atoms with Gasteiger partial charge in [0.1, 0.15) is 5.82 Å². The first-order chi connectivity index (χ1) is 13.7. The van der Waals surface area contributed by atoms with E-state index in [1.54, 1.807) is 0 Å². The van der Waals surface area contributed by atoms with E-state index in [1.807, 2.05) is 31.3 Å². The van der Waals surface area contributed by atoms with Gasteiger partial charge in [0.15, 0.2) is 5.96 Å². The van der Waals surface area contributed by atoms with Crippen molar-refractivity contribution in [2.24, 2.45) is 4.99 Å². The van der Waals surface area contributed by atoms with Crippen molar-refractivity contribution < 1.29 is 0 Å². The van der Waals surface area contributed by atoms with Gasteiger partial charge in [-0.25, -0.2) is 9.98 Å². The molecule has 2 aromatic rings. The fourth-order valence-electron chi connectivity index (χ4n) is 3.50. The van der Waals surface area contributed by atoms with Crippen molar-refractivity contribution in [3.8, 4) is 0 Å². The maximum Gasteiger partial charge on any atom is 0.194 e. The van der Waals surface area contributed by atoms with E-state index in [9.17, 15) is 0 Å². The van der Waals surface area contributed by atoms with Crippen LogP contribution >= 0.6 is 0 Å². The van der Waals surface area contributed by atoms with Crippen LogP contribution in [-0.2, 0) is 13.1 Å². The molecule has 1 aromatic heterocycles. The molecule has 6 heteroatoms. The van der Waals surface area contributed by atoms with Gasteiger partial charge < -0.3 is 15.1 Å². The largest absolute Gasteiger partial charge is 0.362 e. The lowest BCUT2D eigenvalue weighted by Crippen LogP contribution is -2.52. The van der Waals surface area contributed by atoms with E-state index in [0.29, 0.717) is 6.54 Å². The van der Waals surface area contributed by atoms with E-state index in [1.165, 1.54) is 5.56 Å². The third-order valence-electron chi connectivity index (χ3n) is 4.95. The molecule has 6 nitrogen and oxygen atoms in total. The number of hydrogen-bond donors (Lipinski definition) is 1. The third kappa shape index (κ3) is 5.45. The molecular formula is C22H32N6. The number of aromatic nitrogens is 1. The second kappa shape index (κ2) is 10.1. The van der Waals surface area contributed by atoms with E-state index >= 15 is 0 Å². The summed E-state index contributed by atoms with van der Waals surface area (Å²) in [5.74, 6) is 1.98. The quantitative estimate of drug-likeness (QED) is 0.616. The Hall–Kier alpha value is -2.60. The summed E-state index contributed by atoms with van der Waals surface area (Å²) in [7, 11) is 4.04. The predicted molar refractivity (Wildman–Crippen MR) is 117 cm³/mol. The van der Waals surface area contributed by atoms with Gasteiger partial charge in [0.05, 0.1) is 6.54 Å². The molecule has 1 aromatic carbocycles. The summed E-state index contributed by atoms with van der Waals surface area (Å²) in [5.41, 5.74) is 2.52. The van der Waals surface area contributed by atoms with Crippen molar-refractivity contribution in [3.05, 3.63) is 59.8 Å². The van der Waals surface area contributed by atoms with Gasteiger partial charge in [-0.15, -0.1) is 0 Å². The fraction of sp³-hybridized carbons (Fsp3) is 0.455. The first kappa shape index (κ1) is 20.1. The molecule has 1 saturated heterocycles. The normalized spacial score (nSPS) is 15.5. The summed E-state index contributed by atoms with van der Waals surface area (Å²) < 4.78 is 0. The summed E-state index contributed by atoms with van der Waals surface area (Å²) in [5, 5.41) is 3.46. The number of guanidine groups is 1. The number of nitrogens with zero attached hydrogens (tertiary/aromatic N) is 5. The number of aliphatic imine (C=N–C) groups is 1. The lowest BCUT2D eigenvalue weighted by molar-refractivity contribution is 0.172. The topological polar surface area (TPSA) is 47.0 Å². The molecule has 28 heavy (non-hydrogen) atoms. The maximum absolute atomic E-state index is 4.91. The summed E-state index contributed by atoms with van der Waals surface area (Å²) in [4.78, 5) is 16.3. The number of piperazine rings is 1. The minimum atomic E-state index is 0.633. The number of nitrogens with one attached hydrogen (secondary N) is 1. The predicted octanol–water partition coefficient (Wildman–Crippen LogP) is 2.43. The van der Waals surface area contributed by atoms with Crippen LogP contribution in [-0.4, -0.2) is 67.6 Å². The van der Waals surface area contributed by atoms with E-state index in [0.717, 1.165) is 56.6 Å². The summed E-state index contributed by atoms with van der Waals surface area (Å²) in [6.45, 7) is 8.73. The van der Waals surface area contributed by atoms with Crippen molar-refractivity contribution in [3.63, 3.8) is 0 Å². The Kier molecular flexibility index (Phi) is 7.25. The van der Waals surface area contributed by atoms with Gasteiger partial charge in [-0.3, -0.25) is 4.90 Å². The number of anilines is 1. The Morgan fingerprint density at radius 3 is 2.50 bits per heavy atom. The van der Waals surface area contributed by atoms with Gasteiger partial charge in [-0.1, -0.05) is 36.4 Å². The second-order valence-electron chi connectivity index (χ2n) is 7.30. The van der Waals surface area contributed by atoms with Gasteiger partial charge in [0.25, 0.3) is 0 Å². The lowest BCUT2D eigenvalue weighted by Gasteiger charge is -2.36. The van der Waals surface area contributed by atoms with Crippen molar-refractivity contribution in [2.45, 2.75) is 20.0 Å². The van der Waals surface area contributed by atoms with Gasteiger partial charge in [0, 0.05) is 65.1 Å². The summed E-state index contributed by atoms with van der Waals surface area (Å²) in [6, 6.07) is 14.8. The van der Waals surface area contributed by atoms with Crippen molar-refractivity contribution >= 4 is 11.8 Å². The Balaban J connectivity index is 1.61. The number of pyridine rings is 1. The zero-order chi connectivity index (χ0) is 19.8. The number of hydrogen-bond acceptors (Lipinski definition) is 4. The molecule has 2 heterocycles. The van der Waals surface area contributed by atoms with Gasteiger partial charge in [-0.2, -0.15) is 0 Å². The standard InChI is InChI=1S/C22H32N6/c1-4-23-22(25-17-20-11-8-12-24-21(20)26(2)3)28-15-13-27(14-16-28)18-19-9-6-5-7-10-19/h5-12H,4,13-18H2,1-3H3,(H,23,25). The summed E-state index contributed by atoms with van der Waals surface area (Å²) >= 11 is 0. The Bertz CT molecular complexity index is 751. The molecule has 150 valence electrons. The van der Waals surface area contributed by atoms with Crippen LogP contribution in [0.4, 0.5) is 5.82 Å². The van der Waals surface area contributed by atoms with Crippen LogP contribution in [0.5, 0.6) is 0 Å². The summed E-state index contributed by atoms with van der Waals surface area (Å²) in [6.07, 6.45) is 1.83. The van der Waals surface area contributed by atoms with E-state index in [-0.39, 0.29) is 0 Å². The highest BCUT2D eigenvalue weighted by Crippen LogP contribution is 2.16. The molecule has 0 bridgehead atoms. The molecule has 1 aliphatic rings. The SMILES string of the molecule is CCNC(=NCc1cccnc1N(C)C)N1CCN(Cc2ccccc2)CC1. The second-order valence-corrected chi connectivity index (χ2v) is 7.30. The van der Waals surface area contributed by atoms with Gasteiger partial charge in [-0.05, 0) is 18.6 Å². The van der Waals surface area contributed by atoms with Gasteiger partial charge in [0.2, 0.25) is 0 Å². The first-order valence-corrected chi connectivity index (χ1v) is 10.1. The minimum absolute atomic E-state index is 0.633. The molecule has 1 N–H and O–H groups in total. The van der Waals surface area contributed by atoms with Crippen LogP contribution in [0.3, 0.4) is 0 Å². The fourth-order valence-corrected chi connectivity index (χ4v) is 3.50. The Labute approximate surface area is 168 Å². The molecule has 1 fully saturated rings. The number of benzene rings is 1. The lowest BCUT2D eigenvalue weighted by atomic mass is 10.2. The molecule has 0 aliphatic carbocycles. The molecular weight excluding hydrogens is 348 g/mol. The monoisotopic (exact) mass is 380 g/mol. The smallest absolute Gasteiger partial charge is 0.194 e. The average molecular weight is 381 g/mol. The van der Waals surface area contributed by atoms with E-state index in [2.05, 4.69) is 63.4 Å². The van der Waals surface area contributed by atoms with Gasteiger partial charge >= 0.3 is 0 Å². The van der Waals surface area contributed by atoms with E-state index < -0.39 is 0 Å². The van der Waals surface area contributed by atoms with Crippen molar-refractivity contribution in [1.29, 1.82) is 0 Å². The average Bonchev–Trinajstić information content (AvgIpc) is 2.73. The van der Waals surface area contributed by atoms with Crippen molar-refractivity contribution in [2.75, 3.05) is 51.7 Å².